The highest BCUT2D eigenvalue weighted by molar-refractivity contribution is 6.08. The number of likely N-dealkylation sites (N-methyl/N-ethyl adjacent to an activating group) is 1. The Hall–Kier alpha value is -1.63. The number of hydrogen-bond donors (Lipinski definition) is 2. The van der Waals surface area contributed by atoms with Gasteiger partial charge in [0.2, 0.25) is 5.91 Å². The molecular weight excluding hydrogens is 296 g/mol. The largest absolute Gasteiger partial charge is 0.350 e. The fourth-order valence-electron chi connectivity index (χ4n) is 3.93. The SMILES string of the molecule is CN1C(=O)N(CC(=O)NC(CN)C2CC2)C(=O)C12CCCCC2. The summed E-state index contributed by atoms with van der Waals surface area (Å²) in [6, 6.07) is -0.403. The van der Waals surface area contributed by atoms with Crippen molar-refractivity contribution in [2.24, 2.45) is 11.7 Å². The lowest BCUT2D eigenvalue weighted by Crippen LogP contribution is -2.50. The van der Waals surface area contributed by atoms with Crippen molar-refractivity contribution in [3.8, 4) is 0 Å². The molecule has 1 unspecified atom stereocenters. The summed E-state index contributed by atoms with van der Waals surface area (Å²) in [6.07, 6.45) is 6.53. The Kier molecular flexibility index (Phi) is 4.31. The Morgan fingerprint density at radius 3 is 2.52 bits per heavy atom. The van der Waals surface area contributed by atoms with Crippen LogP contribution in [0, 0.1) is 5.92 Å². The standard InChI is InChI=1S/C16H26N4O3/c1-19-15(23)20(14(22)16(19)7-3-2-4-8-16)10-13(21)18-12(9-17)11-5-6-11/h11-12H,2-10,17H2,1H3,(H,18,21). The van der Waals surface area contributed by atoms with Gasteiger partial charge < -0.3 is 16.0 Å². The summed E-state index contributed by atoms with van der Waals surface area (Å²) in [6.45, 7) is 0.190. The number of carbonyl (C=O) groups excluding carboxylic acids is 3. The maximum Gasteiger partial charge on any atom is 0.327 e. The Bertz CT molecular complexity index is 511. The number of nitrogens with zero attached hydrogens (tertiary/aromatic N) is 2. The van der Waals surface area contributed by atoms with Crippen molar-refractivity contribution in [2.75, 3.05) is 20.1 Å². The molecule has 3 rings (SSSR count). The van der Waals surface area contributed by atoms with Crippen molar-refractivity contribution in [1.82, 2.24) is 15.1 Å². The number of carbonyl (C=O) groups is 3. The molecule has 1 heterocycles. The normalized spacial score (nSPS) is 25.1. The van der Waals surface area contributed by atoms with Crippen LogP contribution in [0.2, 0.25) is 0 Å². The molecule has 1 spiro atoms. The highest BCUT2D eigenvalue weighted by atomic mass is 16.2. The van der Waals surface area contributed by atoms with E-state index < -0.39 is 5.54 Å². The maximum atomic E-state index is 12.8. The second-order valence-electron chi connectivity index (χ2n) is 7.07. The van der Waals surface area contributed by atoms with Gasteiger partial charge in [-0.15, -0.1) is 0 Å². The Balaban J connectivity index is 1.66. The predicted molar refractivity (Wildman–Crippen MR) is 84.4 cm³/mol. The molecule has 3 fully saturated rings. The third-order valence-corrected chi connectivity index (χ3v) is 5.58. The molecule has 128 valence electrons. The summed E-state index contributed by atoms with van der Waals surface area (Å²) < 4.78 is 0. The fourth-order valence-corrected chi connectivity index (χ4v) is 3.93. The van der Waals surface area contributed by atoms with Crippen LogP contribution < -0.4 is 11.1 Å². The van der Waals surface area contributed by atoms with Crippen molar-refractivity contribution in [3.63, 3.8) is 0 Å². The first kappa shape index (κ1) is 16.2. The first-order chi connectivity index (χ1) is 11.0. The Morgan fingerprint density at radius 1 is 1.30 bits per heavy atom. The number of nitrogens with one attached hydrogen (secondary N) is 1. The average Bonchev–Trinajstić information content (AvgIpc) is 3.38. The second-order valence-corrected chi connectivity index (χ2v) is 7.07. The summed E-state index contributed by atoms with van der Waals surface area (Å²) >= 11 is 0. The molecular formula is C16H26N4O3. The fraction of sp³-hybridized carbons (Fsp3) is 0.812. The van der Waals surface area contributed by atoms with E-state index in [1.54, 1.807) is 11.9 Å². The minimum atomic E-state index is -0.723. The zero-order valence-electron chi connectivity index (χ0n) is 13.7. The molecule has 1 aliphatic heterocycles. The first-order valence-electron chi connectivity index (χ1n) is 8.59. The lowest BCUT2D eigenvalue weighted by atomic mass is 9.81. The number of nitrogens with two attached hydrogens (primary N) is 1. The van der Waals surface area contributed by atoms with Crippen LogP contribution in [0.3, 0.4) is 0 Å². The second kappa shape index (κ2) is 6.11. The molecule has 2 aliphatic carbocycles. The van der Waals surface area contributed by atoms with Crippen LogP contribution in [0.25, 0.3) is 0 Å². The van der Waals surface area contributed by atoms with E-state index in [4.69, 9.17) is 5.73 Å². The molecule has 3 aliphatic rings. The monoisotopic (exact) mass is 322 g/mol. The van der Waals surface area contributed by atoms with Crippen LogP contribution >= 0.6 is 0 Å². The summed E-state index contributed by atoms with van der Waals surface area (Å²) in [7, 11) is 1.68. The molecule has 0 aromatic carbocycles. The third-order valence-electron chi connectivity index (χ3n) is 5.58. The number of amides is 4. The smallest absolute Gasteiger partial charge is 0.327 e. The van der Waals surface area contributed by atoms with E-state index in [9.17, 15) is 14.4 Å². The van der Waals surface area contributed by atoms with Crippen LogP contribution in [0.5, 0.6) is 0 Å². The van der Waals surface area contributed by atoms with E-state index in [-0.39, 0.29) is 30.4 Å². The van der Waals surface area contributed by atoms with Gasteiger partial charge in [0.25, 0.3) is 5.91 Å². The molecule has 3 N–H and O–H groups in total. The molecule has 23 heavy (non-hydrogen) atoms. The predicted octanol–water partition coefficient (Wildman–Crippen LogP) is 0.437. The van der Waals surface area contributed by atoms with Crippen LogP contribution in [0.15, 0.2) is 0 Å². The van der Waals surface area contributed by atoms with Crippen molar-refractivity contribution < 1.29 is 14.4 Å². The van der Waals surface area contributed by atoms with Gasteiger partial charge in [-0.1, -0.05) is 19.3 Å². The molecule has 4 amide bonds. The quantitative estimate of drug-likeness (QED) is 0.718. The van der Waals surface area contributed by atoms with Crippen LogP contribution in [-0.4, -0.2) is 59.4 Å². The molecule has 7 heteroatoms. The first-order valence-corrected chi connectivity index (χ1v) is 8.59. The number of urea groups is 1. The topological polar surface area (TPSA) is 95.7 Å². The lowest BCUT2D eigenvalue weighted by Gasteiger charge is -2.35. The molecule has 0 aromatic heterocycles. The average molecular weight is 322 g/mol. The van der Waals surface area contributed by atoms with Crippen LogP contribution in [0.1, 0.15) is 44.9 Å². The maximum absolute atomic E-state index is 12.8. The van der Waals surface area contributed by atoms with Crippen molar-refractivity contribution in [2.45, 2.75) is 56.5 Å². The van der Waals surface area contributed by atoms with Gasteiger partial charge in [-0.05, 0) is 31.6 Å². The summed E-state index contributed by atoms with van der Waals surface area (Å²) in [5, 5.41) is 2.87. The Labute approximate surface area is 136 Å². The summed E-state index contributed by atoms with van der Waals surface area (Å²) in [5.74, 6) is -0.0628. The van der Waals surface area contributed by atoms with E-state index in [0.29, 0.717) is 25.3 Å². The zero-order chi connectivity index (χ0) is 16.6. The van der Waals surface area contributed by atoms with Crippen LogP contribution in [-0.2, 0) is 9.59 Å². The van der Waals surface area contributed by atoms with E-state index in [1.807, 2.05) is 0 Å². The van der Waals surface area contributed by atoms with Crippen molar-refractivity contribution in [1.29, 1.82) is 0 Å². The van der Waals surface area contributed by atoms with E-state index in [0.717, 1.165) is 37.0 Å². The molecule has 0 aromatic rings. The Morgan fingerprint density at radius 2 is 1.96 bits per heavy atom. The van der Waals surface area contributed by atoms with Gasteiger partial charge >= 0.3 is 6.03 Å². The van der Waals surface area contributed by atoms with Crippen LogP contribution in [0.4, 0.5) is 4.79 Å². The van der Waals surface area contributed by atoms with Gasteiger partial charge in [-0.25, -0.2) is 4.79 Å². The molecule has 1 saturated heterocycles. The highest BCUT2D eigenvalue weighted by Gasteiger charge is 2.55. The zero-order valence-corrected chi connectivity index (χ0v) is 13.7. The van der Waals surface area contributed by atoms with Gasteiger partial charge in [0.05, 0.1) is 0 Å². The van der Waals surface area contributed by atoms with Gasteiger partial charge in [0.15, 0.2) is 0 Å². The van der Waals surface area contributed by atoms with Gasteiger partial charge in [-0.2, -0.15) is 0 Å². The summed E-state index contributed by atoms with van der Waals surface area (Å²) in [5.41, 5.74) is 4.97. The minimum absolute atomic E-state index is 0.0447. The van der Waals surface area contributed by atoms with Gasteiger partial charge in [0, 0.05) is 19.6 Å². The molecule has 0 radical (unpaired) electrons. The van der Waals surface area contributed by atoms with Gasteiger partial charge in [0.1, 0.15) is 12.1 Å². The number of rotatable bonds is 5. The molecule has 2 saturated carbocycles. The van der Waals surface area contributed by atoms with Gasteiger partial charge in [-0.3, -0.25) is 14.5 Å². The lowest BCUT2D eigenvalue weighted by molar-refractivity contribution is -0.137. The third kappa shape index (κ3) is 2.82. The molecule has 7 nitrogen and oxygen atoms in total. The van der Waals surface area contributed by atoms with Crippen molar-refractivity contribution in [3.05, 3.63) is 0 Å². The van der Waals surface area contributed by atoms with E-state index in [2.05, 4.69) is 5.32 Å². The molecule has 0 bridgehead atoms. The highest BCUT2D eigenvalue weighted by Crippen LogP contribution is 2.39. The number of imide groups is 1. The summed E-state index contributed by atoms with van der Waals surface area (Å²) in [4.78, 5) is 40.1. The number of hydrogen-bond acceptors (Lipinski definition) is 4. The van der Waals surface area contributed by atoms with E-state index >= 15 is 0 Å². The minimum Gasteiger partial charge on any atom is -0.350 e. The van der Waals surface area contributed by atoms with Crippen molar-refractivity contribution >= 4 is 17.8 Å². The molecule has 1 atom stereocenters. The van der Waals surface area contributed by atoms with E-state index in [1.165, 1.54) is 0 Å².